The van der Waals surface area contributed by atoms with Crippen LogP contribution in [0.15, 0.2) is 52.9 Å². The Balaban J connectivity index is 1.42. The summed E-state index contributed by atoms with van der Waals surface area (Å²) in [4.78, 5) is 35.4. The number of fused-ring (bicyclic) bond motifs is 1. The first-order valence-corrected chi connectivity index (χ1v) is 10.9. The number of anilines is 1. The van der Waals surface area contributed by atoms with E-state index in [4.69, 9.17) is 11.6 Å². The molecule has 0 saturated carbocycles. The summed E-state index contributed by atoms with van der Waals surface area (Å²) < 4.78 is 0. The van der Waals surface area contributed by atoms with Gasteiger partial charge in [-0.2, -0.15) is 0 Å². The van der Waals surface area contributed by atoms with Gasteiger partial charge in [-0.1, -0.05) is 17.7 Å². The van der Waals surface area contributed by atoms with Crippen molar-refractivity contribution in [1.29, 1.82) is 0 Å². The van der Waals surface area contributed by atoms with E-state index in [0.29, 0.717) is 29.1 Å². The fourth-order valence-electron chi connectivity index (χ4n) is 3.07. The van der Waals surface area contributed by atoms with E-state index in [9.17, 15) is 9.59 Å². The summed E-state index contributed by atoms with van der Waals surface area (Å²) in [6.45, 7) is 0. The predicted octanol–water partition coefficient (Wildman–Crippen LogP) is 4.84. The molecule has 8 heteroatoms. The molecule has 0 radical (unpaired) electrons. The third-order valence-electron chi connectivity index (χ3n) is 4.42. The molecule has 4 rings (SSSR count). The summed E-state index contributed by atoms with van der Waals surface area (Å²) in [5, 5.41) is 5.39. The number of hydrogen-bond donors (Lipinski definition) is 1. The number of Topliss-reactive ketones (excluding diaryl/α,β-unsaturated/α-hetero) is 1. The molecule has 1 amide bonds. The molecule has 142 valence electrons. The van der Waals surface area contributed by atoms with Gasteiger partial charge in [-0.25, -0.2) is 9.97 Å². The molecule has 2 heterocycles. The molecule has 0 aliphatic heterocycles. The number of thioether (sulfide) groups is 1. The van der Waals surface area contributed by atoms with Crippen molar-refractivity contribution < 1.29 is 9.59 Å². The maximum atomic E-state index is 12.4. The molecule has 3 aromatic rings. The highest BCUT2D eigenvalue weighted by molar-refractivity contribution is 8.00. The van der Waals surface area contributed by atoms with E-state index in [1.54, 1.807) is 23.5 Å². The summed E-state index contributed by atoms with van der Waals surface area (Å²) in [6.07, 6.45) is 2.67. The number of hydrogen-bond acceptors (Lipinski definition) is 6. The summed E-state index contributed by atoms with van der Waals surface area (Å²) >= 11 is 8.92. The first-order valence-electron chi connectivity index (χ1n) is 8.69. The lowest BCUT2D eigenvalue weighted by Gasteiger charge is -2.22. The topological polar surface area (TPSA) is 72.0 Å². The highest BCUT2D eigenvalue weighted by Gasteiger charge is 2.28. The monoisotopic (exact) mass is 429 g/mol. The van der Waals surface area contributed by atoms with E-state index in [1.807, 2.05) is 29.6 Å². The molecule has 5 nitrogen and oxygen atoms in total. The Bertz CT molecular complexity index is 1010. The lowest BCUT2D eigenvalue weighted by atomic mass is 9.86. The van der Waals surface area contributed by atoms with Crippen molar-refractivity contribution in [2.75, 3.05) is 11.1 Å². The minimum Gasteiger partial charge on any atom is -0.294 e. The van der Waals surface area contributed by atoms with Gasteiger partial charge in [0.15, 0.2) is 5.78 Å². The van der Waals surface area contributed by atoms with E-state index < -0.39 is 0 Å². The van der Waals surface area contributed by atoms with Crippen LogP contribution in [-0.2, 0) is 11.2 Å². The van der Waals surface area contributed by atoms with Crippen LogP contribution >= 0.6 is 34.7 Å². The van der Waals surface area contributed by atoms with Crippen molar-refractivity contribution in [3.63, 3.8) is 0 Å². The van der Waals surface area contributed by atoms with Gasteiger partial charge >= 0.3 is 0 Å². The van der Waals surface area contributed by atoms with Crippen molar-refractivity contribution >= 4 is 52.3 Å². The van der Waals surface area contributed by atoms with Crippen molar-refractivity contribution in [1.82, 2.24) is 9.97 Å². The van der Waals surface area contributed by atoms with Gasteiger partial charge in [-0.05, 0) is 42.1 Å². The van der Waals surface area contributed by atoms with Gasteiger partial charge in [0, 0.05) is 33.3 Å². The van der Waals surface area contributed by atoms with E-state index >= 15 is 0 Å². The number of aromatic nitrogens is 2. The molecule has 1 N–H and O–H groups in total. The summed E-state index contributed by atoms with van der Waals surface area (Å²) in [6, 6.07) is 11.3. The normalized spacial score (nSPS) is 15.9. The molecule has 1 aliphatic carbocycles. The molecule has 1 atom stereocenters. The predicted molar refractivity (Wildman–Crippen MR) is 113 cm³/mol. The van der Waals surface area contributed by atoms with Crippen LogP contribution in [0.25, 0.3) is 0 Å². The van der Waals surface area contributed by atoms with Crippen LogP contribution in [0.2, 0.25) is 5.02 Å². The molecule has 0 spiro atoms. The molecule has 2 aromatic heterocycles. The van der Waals surface area contributed by atoms with Gasteiger partial charge in [0.05, 0.1) is 17.0 Å². The average molecular weight is 430 g/mol. The van der Waals surface area contributed by atoms with Gasteiger partial charge in [0.2, 0.25) is 11.9 Å². The fraction of sp³-hybridized carbons (Fsp3) is 0.200. The average Bonchev–Trinajstić information content (AvgIpc) is 3.22. The summed E-state index contributed by atoms with van der Waals surface area (Å²) in [5.74, 6) is 0.463. The summed E-state index contributed by atoms with van der Waals surface area (Å²) in [7, 11) is 0. The zero-order valence-electron chi connectivity index (χ0n) is 14.7. The SMILES string of the molecule is O=C(CSc1ccc(Cl)cc1)Nc1ncc2c(n1)C[C@H](c1cccs1)CC2=O. The number of thiophene rings is 1. The quantitative estimate of drug-likeness (QED) is 0.588. The van der Waals surface area contributed by atoms with E-state index in [0.717, 1.165) is 4.90 Å². The second-order valence-corrected chi connectivity index (χ2v) is 8.85. The maximum absolute atomic E-state index is 12.4. The number of nitrogens with zero attached hydrogens (tertiary/aromatic N) is 2. The van der Waals surface area contributed by atoms with Crippen LogP contribution in [0.3, 0.4) is 0 Å². The molecule has 0 bridgehead atoms. The molecular formula is C20H16ClN3O2S2. The number of benzene rings is 1. The van der Waals surface area contributed by atoms with Crippen LogP contribution in [0, 0.1) is 0 Å². The van der Waals surface area contributed by atoms with Gasteiger partial charge in [0.25, 0.3) is 0 Å². The molecule has 0 unspecified atom stereocenters. The highest BCUT2D eigenvalue weighted by atomic mass is 35.5. The first-order chi connectivity index (χ1) is 13.6. The molecule has 1 aliphatic rings. The minimum atomic E-state index is -0.197. The smallest absolute Gasteiger partial charge is 0.237 e. The number of carbonyl (C=O) groups is 2. The number of amides is 1. The third kappa shape index (κ3) is 4.43. The van der Waals surface area contributed by atoms with Crippen LogP contribution in [-0.4, -0.2) is 27.4 Å². The fourth-order valence-corrected chi connectivity index (χ4v) is 4.73. The zero-order valence-corrected chi connectivity index (χ0v) is 17.1. The van der Waals surface area contributed by atoms with Gasteiger partial charge in [-0.15, -0.1) is 23.1 Å². The molecule has 0 saturated heterocycles. The molecular weight excluding hydrogens is 414 g/mol. The number of rotatable bonds is 5. The Morgan fingerprint density at radius 1 is 1.25 bits per heavy atom. The van der Waals surface area contributed by atoms with Crippen LogP contribution in [0.4, 0.5) is 5.95 Å². The number of ketones is 1. The van der Waals surface area contributed by atoms with Crippen molar-refractivity contribution in [3.05, 3.63) is 69.1 Å². The van der Waals surface area contributed by atoms with Gasteiger partial charge in [0.1, 0.15) is 0 Å². The first kappa shape index (κ1) is 19.1. The maximum Gasteiger partial charge on any atom is 0.237 e. The van der Waals surface area contributed by atoms with Crippen molar-refractivity contribution in [2.45, 2.75) is 23.7 Å². The second kappa shape index (κ2) is 8.43. The Labute approximate surface area is 175 Å². The Kier molecular flexibility index (Phi) is 5.75. The van der Waals surface area contributed by atoms with E-state index in [2.05, 4.69) is 15.3 Å². The minimum absolute atomic E-state index is 0.0517. The standard InChI is InChI=1S/C20H16ClN3O2S2/c21-13-3-5-14(6-4-13)28-11-19(26)24-20-22-10-15-16(23-20)8-12(9-17(15)25)18-2-1-7-27-18/h1-7,10,12H,8-9,11H2,(H,22,23,24,26)/t12-/m0/s1. The largest absolute Gasteiger partial charge is 0.294 e. The van der Waals surface area contributed by atoms with Gasteiger partial charge in [-0.3, -0.25) is 14.9 Å². The third-order valence-corrected chi connectivity index (χ3v) is 6.72. The van der Waals surface area contributed by atoms with Crippen molar-refractivity contribution in [2.24, 2.45) is 0 Å². The van der Waals surface area contributed by atoms with Crippen LogP contribution < -0.4 is 5.32 Å². The molecule has 0 fully saturated rings. The highest BCUT2D eigenvalue weighted by Crippen LogP contribution is 2.34. The second-order valence-electron chi connectivity index (χ2n) is 6.39. The zero-order chi connectivity index (χ0) is 19.5. The summed E-state index contributed by atoms with van der Waals surface area (Å²) in [5.41, 5.74) is 1.26. The number of halogens is 1. The lowest BCUT2D eigenvalue weighted by molar-refractivity contribution is -0.113. The Morgan fingerprint density at radius 2 is 2.07 bits per heavy atom. The molecule has 28 heavy (non-hydrogen) atoms. The van der Waals surface area contributed by atoms with Crippen LogP contribution in [0.5, 0.6) is 0 Å². The van der Waals surface area contributed by atoms with E-state index in [1.165, 1.54) is 22.8 Å². The van der Waals surface area contributed by atoms with Gasteiger partial charge < -0.3 is 0 Å². The number of nitrogens with one attached hydrogen (secondary N) is 1. The lowest BCUT2D eigenvalue weighted by Crippen LogP contribution is -2.22. The Hall–Kier alpha value is -2.22. The Morgan fingerprint density at radius 3 is 2.82 bits per heavy atom. The molecule has 1 aromatic carbocycles. The van der Waals surface area contributed by atoms with Crippen LogP contribution in [0.1, 0.15) is 33.3 Å². The van der Waals surface area contributed by atoms with E-state index in [-0.39, 0.29) is 29.3 Å². The number of carbonyl (C=O) groups excluding carboxylic acids is 2. The van der Waals surface area contributed by atoms with Crippen molar-refractivity contribution in [3.8, 4) is 0 Å².